The van der Waals surface area contributed by atoms with E-state index in [4.69, 9.17) is 47.4 Å². The molecular weight excluding hydrogens is 961 g/mol. The molecule has 10 atom stereocenters. The Morgan fingerprint density at radius 1 is 0.365 bits per heavy atom. The van der Waals surface area contributed by atoms with Crippen LogP contribution in [-0.4, -0.2) is 122 Å². The number of hydrogen-bond acceptors (Lipinski definition) is 18. The molecule has 8 rings (SSSR count). The highest BCUT2D eigenvalue weighted by Crippen LogP contribution is 2.36. The highest BCUT2D eigenvalue weighted by Gasteiger charge is 2.58. The van der Waals surface area contributed by atoms with E-state index < -0.39 is 116 Å². The minimum atomic E-state index is -2.07. The Labute approximate surface area is 423 Å². The van der Waals surface area contributed by atoms with Crippen molar-refractivity contribution in [1.82, 2.24) is 0 Å². The fourth-order valence-electron chi connectivity index (χ4n) is 7.95. The molecule has 2 heterocycles. The van der Waals surface area contributed by atoms with Gasteiger partial charge in [0.1, 0.15) is 37.6 Å². The summed E-state index contributed by atoms with van der Waals surface area (Å²) in [5.41, 5.74) is 0.350. The van der Waals surface area contributed by atoms with Gasteiger partial charge in [0, 0.05) is 6.92 Å². The molecule has 74 heavy (non-hydrogen) atoms. The summed E-state index contributed by atoms with van der Waals surface area (Å²) in [6.45, 7) is -0.399. The fourth-order valence-corrected chi connectivity index (χ4v) is 7.95. The number of aliphatic hydroxyl groups excluding tert-OH is 1. The van der Waals surface area contributed by atoms with Crippen molar-refractivity contribution in [3.8, 4) is 0 Å². The van der Waals surface area contributed by atoms with E-state index in [1.54, 1.807) is 109 Å². The van der Waals surface area contributed by atoms with Crippen molar-refractivity contribution in [3.05, 3.63) is 215 Å². The molecule has 0 radical (unpaired) electrons. The molecule has 6 aromatic rings. The Balaban J connectivity index is 1.24. The zero-order valence-corrected chi connectivity index (χ0v) is 39.4. The predicted octanol–water partition coefficient (Wildman–Crippen LogP) is 6.36. The Morgan fingerprint density at radius 3 is 1.03 bits per heavy atom. The Hall–Kier alpha value is -8.55. The van der Waals surface area contributed by atoms with Gasteiger partial charge in [-0.3, -0.25) is 4.79 Å². The van der Waals surface area contributed by atoms with E-state index in [2.05, 4.69) is 0 Å². The van der Waals surface area contributed by atoms with Gasteiger partial charge in [0.2, 0.25) is 6.29 Å². The topological polar surface area (TPSA) is 232 Å². The molecule has 18 nitrogen and oxygen atoms in total. The van der Waals surface area contributed by atoms with Crippen LogP contribution in [0, 0.1) is 0 Å². The number of carbonyl (C=O) groups excluding carboxylic acids is 7. The molecule has 0 saturated carbocycles. The molecule has 10 unspecified atom stereocenters. The summed E-state index contributed by atoms with van der Waals surface area (Å²) in [4.78, 5) is 95.9. The third kappa shape index (κ3) is 13.1. The van der Waals surface area contributed by atoms with Crippen LogP contribution in [-0.2, 0) is 52.2 Å². The minimum Gasteiger partial charge on any atom is -0.459 e. The molecule has 0 aromatic heterocycles. The number of ether oxygens (including phenoxy) is 10. The number of hydrogen-bond donors (Lipinski definition) is 1. The van der Waals surface area contributed by atoms with Gasteiger partial charge in [-0.15, -0.1) is 0 Å². The van der Waals surface area contributed by atoms with Gasteiger partial charge in [0.15, 0.2) is 30.7 Å². The van der Waals surface area contributed by atoms with Gasteiger partial charge in [-0.1, -0.05) is 109 Å². The standard InChI is InChI=1S/C56H48O18/c1-34(57)67-56-48(73-54(64)40-30-18-7-19-31-40)47(45(71-52(62)38-26-14-5-15-27-38)42(69-56)33-66-50(60)36-22-10-3-11-23-36)74-55-46(72-53(63)39-28-16-6-17-29-39)43(58)44(70-51(61)37-24-12-4-13-25-37)41(68-55)32-65-49(59)35-20-8-2-9-21-35/h2-31,41-48,55-56,58H,32-33H2,1H3. The van der Waals surface area contributed by atoms with Gasteiger partial charge in [-0.25, -0.2) is 28.8 Å². The first-order valence-electron chi connectivity index (χ1n) is 23.2. The average molecular weight is 1010 g/mol. The number of esters is 7. The molecule has 380 valence electrons. The van der Waals surface area contributed by atoms with E-state index in [9.17, 15) is 38.7 Å². The van der Waals surface area contributed by atoms with E-state index in [0.29, 0.717) is 0 Å². The normalized spacial score (nSPS) is 23.2. The zero-order valence-electron chi connectivity index (χ0n) is 39.4. The second-order valence-electron chi connectivity index (χ2n) is 16.7. The number of rotatable bonds is 17. The van der Waals surface area contributed by atoms with E-state index in [0.717, 1.165) is 6.92 Å². The maximum Gasteiger partial charge on any atom is 0.338 e. The number of benzene rings is 6. The quantitative estimate of drug-likeness (QED) is 0.0773. The second kappa shape index (κ2) is 24.7. The summed E-state index contributed by atoms with van der Waals surface area (Å²) < 4.78 is 60.6. The lowest BCUT2D eigenvalue weighted by molar-refractivity contribution is -0.353. The second-order valence-corrected chi connectivity index (χ2v) is 16.7. The van der Waals surface area contributed by atoms with Crippen molar-refractivity contribution in [2.24, 2.45) is 0 Å². The first-order chi connectivity index (χ1) is 35.9. The molecule has 2 aliphatic heterocycles. The molecular formula is C56H48O18. The van der Waals surface area contributed by atoms with E-state index in [-0.39, 0.29) is 33.4 Å². The molecule has 0 bridgehead atoms. The molecule has 6 aromatic carbocycles. The smallest absolute Gasteiger partial charge is 0.338 e. The van der Waals surface area contributed by atoms with E-state index in [1.165, 1.54) is 72.8 Å². The summed E-state index contributed by atoms with van der Waals surface area (Å²) in [7, 11) is 0. The minimum absolute atomic E-state index is 0.000755. The van der Waals surface area contributed by atoms with E-state index in [1.807, 2.05) is 0 Å². The van der Waals surface area contributed by atoms with Crippen LogP contribution in [0.5, 0.6) is 0 Å². The van der Waals surface area contributed by atoms with Crippen molar-refractivity contribution < 1.29 is 86.0 Å². The first-order valence-corrected chi connectivity index (χ1v) is 23.2. The summed E-state index contributed by atoms with van der Waals surface area (Å²) in [6, 6.07) is 46.4. The lowest BCUT2D eigenvalue weighted by Gasteiger charge is -2.48. The van der Waals surface area contributed by atoms with Crippen LogP contribution < -0.4 is 0 Å². The third-order valence-electron chi connectivity index (χ3n) is 11.6. The maximum atomic E-state index is 14.2. The van der Waals surface area contributed by atoms with Crippen molar-refractivity contribution in [1.29, 1.82) is 0 Å². The lowest BCUT2D eigenvalue weighted by atomic mass is 9.95. The van der Waals surface area contributed by atoms with Crippen LogP contribution in [0.2, 0.25) is 0 Å². The largest absolute Gasteiger partial charge is 0.459 e. The molecule has 0 spiro atoms. The highest BCUT2D eigenvalue weighted by atomic mass is 16.8. The molecule has 0 amide bonds. The number of aliphatic hydroxyl groups is 1. The van der Waals surface area contributed by atoms with Crippen LogP contribution in [0.15, 0.2) is 182 Å². The Morgan fingerprint density at radius 2 is 0.662 bits per heavy atom. The molecule has 0 aliphatic carbocycles. The van der Waals surface area contributed by atoms with Crippen LogP contribution >= 0.6 is 0 Å². The van der Waals surface area contributed by atoms with Gasteiger partial charge in [-0.05, 0) is 72.8 Å². The summed E-state index contributed by atoms with van der Waals surface area (Å²) >= 11 is 0. The van der Waals surface area contributed by atoms with Gasteiger partial charge >= 0.3 is 41.8 Å². The highest BCUT2D eigenvalue weighted by molar-refractivity contribution is 5.92. The Bertz CT molecular complexity index is 2850. The van der Waals surface area contributed by atoms with Crippen molar-refractivity contribution in [3.63, 3.8) is 0 Å². The summed E-state index contributed by atoms with van der Waals surface area (Å²) in [5, 5.41) is 12.5. The zero-order chi connectivity index (χ0) is 52.0. The average Bonchev–Trinajstić information content (AvgIpc) is 3.44. The molecule has 18 heteroatoms. The monoisotopic (exact) mass is 1010 g/mol. The van der Waals surface area contributed by atoms with Crippen LogP contribution in [0.25, 0.3) is 0 Å². The molecule has 2 fully saturated rings. The van der Waals surface area contributed by atoms with Crippen LogP contribution in [0.4, 0.5) is 0 Å². The van der Waals surface area contributed by atoms with Gasteiger partial charge in [0.25, 0.3) is 0 Å². The molecule has 2 aliphatic rings. The predicted molar refractivity (Wildman–Crippen MR) is 256 cm³/mol. The van der Waals surface area contributed by atoms with Gasteiger partial charge in [0.05, 0.1) is 33.4 Å². The Kier molecular flexibility index (Phi) is 17.3. The fraction of sp³-hybridized carbons (Fsp3) is 0.232. The number of carbonyl (C=O) groups is 7. The summed E-state index contributed by atoms with van der Waals surface area (Å²) in [6.07, 6.45) is -18.7. The molecule has 2 saturated heterocycles. The first kappa shape index (κ1) is 51.8. The van der Waals surface area contributed by atoms with Crippen LogP contribution in [0.1, 0.15) is 69.1 Å². The lowest BCUT2D eigenvalue weighted by Crippen LogP contribution is -2.67. The van der Waals surface area contributed by atoms with Crippen LogP contribution in [0.3, 0.4) is 0 Å². The van der Waals surface area contributed by atoms with E-state index >= 15 is 0 Å². The van der Waals surface area contributed by atoms with Crippen molar-refractivity contribution in [2.45, 2.75) is 68.3 Å². The van der Waals surface area contributed by atoms with Gasteiger partial charge < -0.3 is 52.5 Å². The summed E-state index contributed by atoms with van der Waals surface area (Å²) in [5.74, 6) is -6.59. The molecule has 1 N–H and O–H groups in total. The maximum absolute atomic E-state index is 14.2. The van der Waals surface area contributed by atoms with Crippen molar-refractivity contribution >= 4 is 41.8 Å². The third-order valence-corrected chi connectivity index (χ3v) is 11.6. The SMILES string of the molecule is CC(=O)OC1OC(COC(=O)c2ccccc2)C(OC(=O)c2ccccc2)C(OC2OC(COC(=O)c3ccccc3)C(OC(=O)c3ccccc3)C(O)C2OC(=O)c2ccccc2)C1OC(=O)c1ccccc1. The van der Waals surface area contributed by atoms with Gasteiger partial charge in [-0.2, -0.15) is 0 Å². The van der Waals surface area contributed by atoms with Crippen molar-refractivity contribution in [2.75, 3.05) is 13.2 Å².